The molecular formula is C15H13BrClN3OS. The van der Waals surface area contributed by atoms with Crippen molar-refractivity contribution >= 4 is 38.9 Å². The monoisotopic (exact) mass is 397 g/mol. The molecule has 2 heterocycles. The third-order valence-corrected chi connectivity index (χ3v) is 4.97. The van der Waals surface area contributed by atoms with Gasteiger partial charge >= 0.3 is 0 Å². The van der Waals surface area contributed by atoms with Gasteiger partial charge in [0.05, 0.1) is 20.9 Å². The van der Waals surface area contributed by atoms with Crippen LogP contribution in [0.15, 0.2) is 44.6 Å². The fraction of sp³-hybridized carbons (Fsp3) is 0.200. The minimum absolute atomic E-state index is 0.452. The number of halogens is 2. The lowest BCUT2D eigenvalue weighted by atomic mass is 10.2. The Bertz CT molecular complexity index is 774. The van der Waals surface area contributed by atoms with E-state index in [2.05, 4.69) is 43.2 Å². The summed E-state index contributed by atoms with van der Waals surface area (Å²) in [4.78, 5) is 3.41. The van der Waals surface area contributed by atoms with Crippen molar-refractivity contribution in [3.05, 3.63) is 56.0 Å². The van der Waals surface area contributed by atoms with Crippen molar-refractivity contribution in [2.75, 3.05) is 7.05 Å². The van der Waals surface area contributed by atoms with Crippen LogP contribution in [-0.2, 0) is 13.1 Å². The molecule has 0 spiro atoms. The zero-order valence-corrected chi connectivity index (χ0v) is 15.0. The van der Waals surface area contributed by atoms with E-state index in [1.807, 2.05) is 31.3 Å². The minimum atomic E-state index is 0.452. The topological polar surface area (TPSA) is 42.2 Å². The number of benzene rings is 1. The Hall–Kier alpha value is -1.21. The molecule has 3 rings (SSSR count). The van der Waals surface area contributed by atoms with Crippen LogP contribution in [0.2, 0.25) is 5.02 Å². The maximum atomic E-state index is 6.14. The Morgan fingerprint density at radius 3 is 2.73 bits per heavy atom. The number of thiophene rings is 1. The molecule has 0 aliphatic carbocycles. The van der Waals surface area contributed by atoms with Crippen LogP contribution >= 0.6 is 38.9 Å². The van der Waals surface area contributed by atoms with Crippen LogP contribution in [0, 0.1) is 0 Å². The number of hydrogen-bond acceptors (Lipinski definition) is 5. The summed E-state index contributed by atoms with van der Waals surface area (Å²) in [5, 5.41) is 8.78. The average Bonchev–Trinajstić information content (AvgIpc) is 3.09. The maximum Gasteiger partial charge on any atom is 0.249 e. The summed E-state index contributed by atoms with van der Waals surface area (Å²) in [6.07, 6.45) is 0. The molecule has 0 aliphatic heterocycles. The van der Waals surface area contributed by atoms with Gasteiger partial charge in [-0.2, -0.15) is 0 Å². The van der Waals surface area contributed by atoms with Crippen LogP contribution in [-0.4, -0.2) is 22.1 Å². The Kier molecular flexibility index (Phi) is 4.93. The highest BCUT2D eigenvalue weighted by Gasteiger charge is 2.13. The molecule has 0 saturated heterocycles. The number of rotatable bonds is 5. The molecule has 1 aromatic carbocycles. The normalized spacial score (nSPS) is 11.3. The summed E-state index contributed by atoms with van der Waals surface area (Å²) in [6.45, 7) is 1.42. The van der Waals surface area contributed by atoms with Crippen LogP contribution in [0.1, 0.15) is 10.8 Å². The lowest BCUT2D eigenvalue weighted by Gasteiger charge is -2.12. The van der Waals surface area contributed by atoms with Crippen LogP contribution < -0.4 is 0 Å². The Morgan fingerprint density at radius 1 is 1.18 bits per heavy atom. The molecule has 0 fully saturated rings. The van der Waals surface area contributed by atoms with Crippen LogP contribution in [0.25, 0.3) is 11.5 Å². The van der Waals surface area contributed by atoms with Gasteiger partial charge in [0.25, 0.3) is 0 Å². The zero-order chi connectivity index (χ0) is 15.5. The summed E-state index contributed by atoms with van der Waals surface area (Å²) >= 11 is 11.3. The van der Waals surface area contributed by atoms with Gasteiger partial charge in [0.1, 0.15) is 0 Å². The lowest BCUT2D eigenvalue weighted by molar-refractivity contribution is 0.285. The molecule has 0 bridgehead atoms. The Labute approximate surface area is 145 Å². The Morgan fingerprint density at radius 2 is 2.00 bits per heavy atom. The SMILES string of the molecule is CN(Cc1nnc(-c2ccccc2Cl)o1)Cc1ccc(Br)s1. The molecule has 0 radical (unpaired) electrons. The summed E-state index contributed by atoms with van der Waals surface area (Å²) in [5.74, 6) is 1.03. The standard InChI is InChI=1S/C15H13BrClN3OS/c1-20(8-10-6-7-13(16)22-10)9-14-18-19-15(21-14)11-4-2-3-5-12(11)17/h2-7H,8-9H2,1H3. The summed E-state index contributed by atoms with van der Waals surface area (Å²) in [7, 11) is 2.02. The predicted octanol–water partition coefficient (Wildman–Crippen LogP) is 4.85. The van der Waals surface area contributed by atoms with Crippen molar-refractivity contribution in [1.29, 1.82) is 0 Å². The first-order valence-corrected chi connectivity index (χ1v) is 8.60. The lowest BCUT2D eigenvalue weighted by Crippen LogP contribution is -2.16. The van der Waals surface area contributed by atoms with E-state index >= 15 is 0 Å². The van der Waals surface area contributed by atoms with Gasteiger partial charge < -0.3 is 4.42 Å². The van der Waals surface area contributed by atoms with Gasteiger partial charge in [-0.25, -0.2) is 0 Å². The second-order valence-corrected chi connectivity index (χ2v) is 7.81. The molecule has 114 valence electrons. The van der Waals surface area contributed by atoms with E-state index in [1.54, 1.807) is 11.3 Å². The molecule has 0 aliphatic rings. The molecule has 0 atom stereocenters. The first-order valence-electron chi connectivity index (χ1n) is 6.62. The van der Waals surface area contributed by atoms with E-state index in [9.17, 15) is 0 Å². The van der Waals surface area contributed by atoms with Gasteiger partial charge in [-0.15, -0.1) is 21.5 Å². The third-order valence-electron chi connectivity index (χ3n) is 3.03. The summed E-state index contributed by atoms with van der Waals surface area (Å²) < 4.78 is 6.84. The van der Waals surface area contributed by atoms with Crippen molar-refractivity contribution in [3.63, 3.8) is 0 Å². The van der Waals surface area contributed by atoms with Crippen LogP contribution in [0.4, 0.5) is 0 Å². The smallest absolute Gasteiger partial charge is 0.249 e. The largest absolute Gasteiger partial charge is 0.419 e. The molecule has 22 heavy (non-hydrogen) atoms. The second-order valence-electron chi connectivity index (χ2n) is 4.86. The first-order chi connectivity index (χ1) is 10.6. The second kappa shape index (κ2) is 6.91. The van der Waals surface area contributed by atoms with Gasteiger partial charge in [-0.1, -0.05) is 23.7 Å². The van der Waals surface area contributed by atoms with Crippen molar-refractivity contribution in [3.8, 4) is 11.5 Å². The molecule has 3 aromatic rings. The fourth-order valence-corrected chi connectivity index (χ4v) is 3.83. The van der Waals surface area contributed by atoms with Gasteiger partial charge in [-0.05, 0) is 47.2 Å². The molecule has 7 heteroatoms. The number of nitrogens with zero attached hydrogens (tertiary/aromatic N) is 3. The molecular weight excluding hydrogens is 386 g/mol. The van der Waals surface area contributed by atoms with Gasteiger partial charge in [0.2, 0.25) is 11.8 Å². The van der Waals surface area contributed by atoms with E-state index < -0.39 is 0 Å². The van der Waals surface area contributed by atoms with Crippen molar-refractivity contribution < 1.29 is 4.42 Å². The maximum absolute atomic E-state index is 6.14. The first kappa shape index (κ1) is 15.7. The van der Waals surface area contributed by atoms with E-state index in [0.29, 0.717) is 23.3 Å². The molecule has 0 amide bonds. The van der Waals surface area contributed by atoms with Gasteiger partial charge in [0, 0.05) is 11.4 Å². The third kappa shape index (κ3) is 3.76. The predicted molar refractivity (Wildman–Crippen MR) is 91.9 cm³/mol. The zero-order valence-electron chi connectivity index (χ0n) is 11.8. The highest BCUT2D eigenvalue weighted by Crippen LogP contribution is 2.27. The summed E-state index contributed by atoms with van der Waals surface area (Å²) in [5.41, 5.74) is 0.757. The molecule has 4 nitrogen and oxygen atoms in total. The molecule has 0 unspecified atom stereocenters. The van der Waals surface area contributed by atoms with Gasteiger partial charge in [0.15, 0.2) is 0 Å². The Balaban J connectivity index is 1.68. The fourth-order valence-electron chi connectivity index (χ4n) is 2.05. The minimum Gasteiger partial charge on any atom is -0.419 e. The number of hydrogen-bond donors (Lipinski definition) is 0. The average molecular weight is 399 g/mol. The van der Waals surface area contributed by atoms with E-state index in [-0.39, 0.29) is 0 Å². The van der Waals surface area contributed by atoms with E-state index in [1.165, 1.54) is 4.88 Å². The van der Waals surface area contributed by atoms with E-state index in [0.717, 1.165) is 15.9 Å². The molecule has 0 saturated carbocycles. The highest BCUT2D eigenvalue weighted by molar-refractivity contribution is 9.11. The van der Waals surface area contributed by atoms with Crippen molar-refractivity contribution in [2.45, 2.75) is 13.1 Å². The van der Waals surface area contributed by atoms with Crippen molar-refractivity contribution in [1.82, 2.24) is 15.1 Å². The van der Waals surface area contributed by atoms with Crippen molar-refractivity contribution in [2.24, 2.45) is 0 Å². The van der Waals surface area contributed by atoms with E-state index in [4.69, 9.17) is 16.0 Å². The number of aromatic nitrogens is 2. The van der Waals surface area contributed by atoms with Crippen LogP contribution in [0.5, 0.6) is 0 Å². The van der Waals surface area contributed by atoms with Gasteiger partial charge in [-0.3, -0.25) is 4.90 Å². The summed E-state index contributed by atoms with van der Waals surface area (Å²) in [6, 6.07) is 11.6. The quantitative estimate of drug-likeness (QED) is 0.616. The molecule has 0 N–H and O–H groups in total. The molecule has 2 aromatic heterocycles. The van der Waals surface area contributed by atoms with Crippen LogP contribution in [0.3, 0.4) is 0 Å². The highest BCUT2D eigenvalue weighted by atomic mass is 79.9.